The molecule has 0 saturated carbocycles. The minimum atomic E-state index is -0.751. The standard InChI is InChI=1S/C20H20N4O4/c1-28-16-8-11(17(21)25)6-7-14(16)23-18(26)15-9-20(19(27)24-15)10-22-13-5-3-2-4-12(13)20/h2-8,15,22H,9-10H2,1H3,(H2,21,25)(H,23,26)(H,24,27). The molecule has 2 aliphatic rings. The van der Waals surface area contributed by atoms with Crippen molar-refractivity contribution in [1.82, 2.24) is 5.32 Å². The Bertz CT molecular complexity index is 990. The molecule has 2 unspecified atom stereocenters. The molecule has 5 N–H and O–H groups in total. The van der Waals surface area contributed by atoms with Gasteiger partial charge < -0.3 is 26.4 Å². The summed E-state index contributed by atoms with van der Waals surface area (Å²) in [6.45, 7) is 0.457. The second-order valence-corrected chi connectivity index (χ2v) is 6.98. The van der Waals surface area contributed by atoms with Crippen molar-refractivity contribution < 1.29 is 19.1 Å². The number of carbonyl (C=O) groups is 3. The van der Waals surface area contributed by atoms with Crippen LogP contribution in [0.5, 0.6) is 5.75 Å². The average Bonchev–Trinajstić information content (AvgIpc) is 3.24. The molecule has 0 bridgehead atoms. The van der Waals surface area contributed by atoms with Crippen molar-refractivity contribution in [2.24, 2.45) is 5.73 Å². The van der Waals surface area contributed by atoms with Crippen molar-refractivity contribution in [3.05, 3.63) is 53.6 Å². The highest BCUT2D eigenvalue weighted by Crippen LogP contribution is 2.43. The highest BCUT2D eigenvalue weighted by atomic mass is 16.5. The maximum atomic E-state index is 12.8. The fraction of sp³-hybridized carbons (Fsp3) is 0.250. The predicted octanol–water partition coefficient (Wildman–Crippen LogP) is 0.985. The second-order valence-electron chi connectivity index (χ2n) is 6.98. The maximum Gasteiger partial charge on any atom is 0.248 e. The third kappa shape index (κ3) is 2.74. The summed E-state index contributed by atoms with van der Waals surface area (Å²) in [5, 5.41) is 8.83. The molecule has 2 aromatic rings. The number of methoxy groups -OCH3 is 1. The van der Waals surface area contributed by atoms with E-state index in [1.165, 1.54) is 19.2 Å². The number of nitrogens with two attached hydrogens (primary N) is 1. The van der Waals surface area contributed by atoms with Crippen LogP contribution in [-0.2, 0) is 15.0 Å². The van der Waals surface area contributed by atoms with Crippen LogP contribution in [0.2, 0.25) is 0 Å². The zero-order chi connectivity index (χ0) is 19.9. The van der Waals surface area contributed by atoms with Crippen molar-refractivity contribution in [3.63, 3.8) is 0 Å². The van der Waals surface area contributed by atoms with E-state index in [2.05, 4.69) is 16.0 Å². The van der Waals surface area contributed by atoms with Crippen LogP contribution in [0, 0.1) is 0 Å². The number of para-hydroxylation sites is 1. The molecule has 1 saturated heterocycles. The Labute approximate surface area is 161 Å². The zero-order valence-electron chi connectivity index (χ0n) is 15.2. The zero-order valence-corrected chi connectivity index (χ0v) is 15.2. The minimum Gasteiger partial charge on any atom is -0.495 e. The highest BCUT2D eigenvalue weighted by molar-refractivity contribution is 6.04. The minimum absolute atomic E-state index is 0.166. The normalized spacial score (nSPS) is 22.3. The Morgan fingerprint density at radius 1 is 1.25 bits per heavy atom. The van der Waals surface area contributed by atoms with Crippen molar-refractivity contribution >= 4 is 29.1 Å². The molecule has 1 spiro atoms. The summed E-state index contributed by atoms with van der Waals surface area (Å²) in [4.78, 5) is 36.9. The molecule has 2 heterocycles. The number of amides is 3. The number of benzene rings is 2. The molecule has 0 aromatic heterocycles. The fourth-order valence-corrected chi connectivity index (χ4v) is 3.90. The predicted molar refractivity (Wildman–Crippen MR) is 103 cm³/mol. The number of nitrogens with one attached hydrogen (secondary N) is 3. The number of rotatable bonds is 4. The first-order valence-electron chi connectivity index (χ1n) is 8.88. The van der Waals surface area contributed by atoms with Gasteiger partial charge in [-0.2, -0.15) is 0 Å². The van der Waals surface area contributed by atoms with Crippen molar-refractivity contribution in [2.45, 2.75) is 17.9 Å². The molecule has 2 aromatic carbocycles. The summed E-state index contributed by atoms with van der Waals surface area (Å²) >= 11 is 0. The van der Waals surface area contributed by atoms with E-state index in [9.17, 15) is 14.4 Å². The van der Waals surface area contributed by atoms with E-state index in [1.54, 1.807) is 6.07 Å². The van der Waals surface area contributed by atoms with E-state index < -0.39 is 17.4 Å². The Morgan fingerprint density at radius 2 is 2.04 bits per heavy atom. The molecule has 8 nitrogen and oxygen atoms in total. The lowest BCUT2D eigenvalue weighted by Gasteiger charge is -2.19. The van der Waals surface area contributed by atoms with Crippen molar-refractivity contribution in [1.29, 1.82) is 0 Å². The van der Waals surface area contributed by atoms with Crippen LogP contribution in [0.15, 0.2) is 42.5 Å². The fourth-order valence-electron chi connectivity index (χ4n) is 3.90. The lowest BCUT2D eigenvalue weighted by molar-refractivity contribution is -0.125. The summed E-state index contributed by atoms with van der Waals surface area (Å²) in [7, 11) is 1.43. The van der Waals surface area contributed by atoms with Crippen molar-refractivity contribution in [3.8, 4) is 5.75 Å². The Hall–Kier alpha value is -3.55. The monoisotopic (exact) mass is 380 g/mol. The van der Waals surface area contributed by atoms with Crippen LogP contribution in [0.1, 0.15) is 22.3 Å². The van der Waals surface area contributed by atoms with Crippen molar-refractivity contribution in [2.75, 3.05) is 24.3 Å². The van der Waals surface area contributed by atoms with E-state index in [0.29, 0.717) is 24.4 Å². The Balaban J connectivity index is 1.55. The Morgan fingerprint density at radius 3 is 2.79 bits per heavy atom. The quantitative estimate of drug-likeness (QED) is 0.630. The van der Waals surface area contributed by atoms with Gasteiger partial charge in [-0.05, 0) is 36.2 Å². The Kier molecular flexibility index (Phi) is 4.18. The average molecular weight is 380 g/mol. The van der Waals surface area contributed by atoms with Gasteiger partial charge in [-0.3, -0.25) is 14.4 Å². The summed E-state index contributed by atoms with van der Waals surface area (Å²) in [6.07, 6.45) is 0.351. The summed E-state index contributed by atoms with van der Waals surface area (Å²) in [6, 6.07) is 11.5. The molecule has 0 radical (unpaired) electrons. The van der Waals surface area contributed by atoms with Crippen LogP contribution < -0.4 is 26.4 Å². The van der Waals surface area contributed by atoms with Gasteiger partial charge in [0.1, 0.15) is 11.8 Å². The summed E-state index contributed by atoms with van der Waals surface area (Å²) in [5.41, 5.74) is 7.02. The van der Waals surface area contributed by atoms with Gasteiger partial charge in [-0.1, -0.05) is 18.2 Å². The van der Waals surface area contributed by atoms with E-state index >= 15 is 0 Å². The maximum absolute atomic E-state index is 12.8. The van der Waals surface area contributed by atoms with Gasteiger partial charge >= 0.3 is 0 Å². The van der Waals surface area contributed by atoms with Gasteiger partial charge in [-0.15, -0.1) is 0 Å². The number of fused-ring (bicyclic) bond motifs is 2. The largest absolute Gasteiger partial charge is 0.495 e. The molecule has 3 amide bonds. The number of carbonyl (C=O) groups excluding carboxylic acids is 3. The lowest BCUT2D eigenvalue weighted by atomic mass is 9.79. The smallest absolute Gasteiger partial charge is 0.248 e. The first-order valence-corrected chi connectivity index (χ1v) is 8.88. The van der Waals surface area contributed by atoms with Crippen LogP contribution in [0.4, 0.5) is 11.4 Å². The molecular formula is C20H20N4O4. The lowest BCUT2D eigenvalue weighted by Crippen LogP contribution is -2.39. The molecule has 2 aliphatic heterocycles. The van der Waals surface area contributed by atoms with Gasteiger partial charge in [-0.25, -0.2) is 0 Å². The summed E-state index contributed by atoms with van der Waals surface area (Å²) < 4.78 is 5.24. The first-order chi connectivity index (χ1) is 13.4. The number of anilines is 2. The van der Waals surface area contributed by atoms with E-state index in [1.807, 2.05) is 24.3 Å². The van der Waals surface area contributed by atoms with Crippen LogP contribution in [0.3, 0.4) is 0 Å². The van der Waals surface area contributed by atoms with Gasteiger partial charge in [0.25, 0.3) is 0 Å². The van der Waals surface area contributed by atoms with E-state index in [0.717, 1.165) is 11.3 Å². The topological polar surface area (TPSA) is 123 Å². The van der Waals surface area contributed by atoms with Gasteiger partial charge in [0, 0.05) is 17.8 Å². The molecular weight excluding hydrogens is 360 g/mol. The molecule has 1 fully saturated rings. The molecule has 0 aliphatic carbocycles. The molecule has 4 rings (SSSR count). The van der Waals surface area contributed by atoms with Gasteiger partial charge in [0.2, 0.25) is 17.7 Å². The number of hydrogen-bond acceptors (Lipinski definition) is 5. The van der Waals surface area contributed by atoms with Crippen LogP contribution in [0.25, 0.3) is 0 Å². The molecule has 8 heteroatoms. The first kappa shape index (κ1) is 17.8. The third-order valence-electron chi connectivity index (χ3n) is 5.38. The molecule has 28 heavy (non-hydrogen) atoms. The van der Waals surface area contributed by atoms with Gasteiger partial charge in [0.05, 0.1) is 18.2 Å². The number of hydrogen-bond donors (Lipinski definition) is 4. The second kappa shape index (κ2) is 6.56. The van der Waals surface area contributed by atoms with E-state index in [4.69, 9.17) is 10.5 Å². The number of ether oxygens (including phenoxy) is 1. The molecule has 2 atom stereocenters. The van der Waals surface area contributed by atoms with Crippen LogP contribution in [-0.4, -0.2) is 37.4 Å². The SMILES string of the molecule is COc1cc(C(N)=O)ccc1NC(=O)C1CC2(CNc3ccccc32)C(=O)N1. The summed E-state index contributed by atoms with van der Waals surface area (Å²) in [5.74, 6) is -0.786. The van der Waals surface area contributed by atoms with Gasteiger partial charge in [0.15, 0.2) is 0 Å². The highest BCUT2D eigenvalue weighted by Gasteiger charge is 2.53. The molecule has 144 valence electrons. The number of primary amides is 1. The van der Waals surface area contributed by atoms with Crippen LogP contribution >= 0.6 is 0 Å². The van der Waals surface area contributed by atoms with E-state index in [-0.39, 0.29) is 17.4 Å². The third-order valence-corrected chi connectivity index (χ3v) is 5.38.